The fourth-order valence-corrected chi connectivity index (χ4v) is 1.97. The number of imidazole rings is 1. The van der Waals surface area contributed by atoms with E-state index in [-0.39, 0.29) is 0 Å². The Hall–Kier alpha value is -2.10. The van der Waals surface area contributed by atoms with Gasteiger partial charge in [0.25, 0.3) is 0 Å². The van der Waals surface area contributed by atoms with Gasteiger partial charge >= 0.3 is 0 Å². The molecular formula is C14H17N3O. The maximum absolute atomic E-state index is 11.1. The van der Waals surface area contributed by atoms with Gasteiger partial charge in [-0.15, -0.1) is 0 Å². The van der Waals surface area contributed by atoms with Gasteiger partial charge in [0.1, 0.15) is 5.82 Å². The Labute approximate surface area is 106 Å². The van der Waals surface area contributed by atoms with E-state index in [1.54, 1.807) is 12.3 Å². The Kier molecular flexibility index (Phi) is 3.46. The number of carbonyl (C=O) groups excluding carboxylic acids is 1. The molecule has 0 bridgehead atoms. The molecule has 0 saturated heterocycles. The zero-order chi connectivity index (χ0) is 13.1. The molecule has 0 fully saturated rings. The van der Waals surface area contributed by atoms with Gasteiger partial charge < -0.3 is 10.3 Å². The summed E-state index contributed by atoms with van der Waals surface area (Å²) >= 11 is 0. The molecule has 2 aromatic rings. The van der Waals surface area contributed by atoms with E-state index in [4.69, 9.17) is 5.73 Å². The van der Waals surface area contributed by atoms with Crippen LogP contribution < -0.4 is 5.73 Å². The van der Waals surface area contributed by atoms with Crippen molar-refractivity contribution in [3.05, 3.63) is 53.6 Å². The van der Waals surface area contributed by atoms with Gasteiger partial charge in [-0.25, -0.2) is 4.98 Å². The molecule has 0 radical (unpaired) electrons. The highest BCUT2D eigenvalue weighted by molar-refractivity contribution is 5.92. The van der Waals surface area contributed by atoms with E-state index in [1.807, 2.05) is 24.4 Å². The summed E-state index contributed by atoms with van der Waals surface area (Å²) in [5.74, 6) is 1.02. The molecule has 18 heavy (non-hydrogen) atoms. The zero-order valence-electron chi connectivity index (χ0n) is 10.6. The molecule has 0 aliphatic heterocycles. The van der Waals surface area contributed by atoms with Crippen LogP contribution in [0.4, 0.5) is 0 Å². The van der Waals surface area contributed by atoms with Crippen LogP contribution in [0.5, 0.6) is 0 Å². The number of carbonyl (C=O) groups is 1. The predicted molar refractivity (Wildman–Crippen MR) is 70.4 cm³/mol. The lowest BCUT2D eigenvalue weighted by molar-refractivity contribution is 0.1000. The minimum atomic E-state index is -0.397. The van der Waals surface area contributed by atoms with Gasteiger partial charge in [-0.3, -0.25) is 4.79 Å². The number of hydrogen-bond donors (Lipinski definition) is 1. The molecule has 1 heterocycles. The number of nitrogens with zero attached hydrogens (tertiary/aromatic N) is 2. The smallest absolute Gasteiger partial charge is 0.248 e. The lowest BCUT2D eigenvalue weighted by Crippen LogP contribution is -2.12. The summed E-state index contributed by atoms with van der Waals surface area (Å²) in [5.41, 5.74) is 6.86. The first-order valence-corrected chi connectivity index (χ1v) is 5.97. The number of aromatic nitrogens is 2. The molecule has 0 unspecified atom stereocenters. The predicted octanol–water partition coefficient (Wildman–Crippen LogP) is 2.15. The van der Waals surface area contributed by atoms with Crippen LogP contribution in [0.25, 0.3) is 0 Å². The minimum absolute atomic E-state index is 0.374. The average molecular weight is 243 g/mol. The van der Waals surface area contributed by atoms with Gasteiger partial charge in [-0.2, -0.15) is 0 Å². The number of hydrogen-bond acceptors (Lipinski definition) is 2. The van der Waals surface area contributed by atoms with E-state index in [0.29, 0.717) is 18.0 Å². The maximum atomic E-state index is 11.1. The van der Waals surface area contributed by atoms with Crippen LogP contribution in [-0.4, -0.2) is 15.5 Å². The molecule has 2 rings (SSSR count). The molecule has 0 aliphatic carbocycles. The van der Waals surface area contributed by atoms with E-state index < -0.39 is 5.91 Å². The Morgan fingerprint density at radius 3 is 2.89 bits per heavy atom. The molecule has 0 saturated carbocycles. The summed E-state index contributed by atoms with van der Waals surface area (Å²) < 4.78 is 2.09. The third-order valence-electron chi connectivity index (χ3n) is 2.83. The van der Waals surface area contributed by atoms with Crippen molar-refractivity contribution in [3.63, 3.8) is 0 Å². The van der Waals surface area contributed by atoms with Crippen LogP contribution in [0.3, 0.4) is 0 Å². The van der Waals surface area contributed by atoms with Crippen molar-refractivity contribution in [1.82, 2.24) is 9.55 Å². The highest BCUT2D eigenvalue weighted by Crippen LogP contribution is 2.14. The topological polar surface area (TPSA) is 60.9 Å². The van der Waals surface area contributed by atoms with Gasteiger partial charge in [0.2, 0.25) is 5.91 Å². The first kappa shape index (κ1) is 12.4. The number of primary amides is 1. The van der Waals surface area contributed by atoms with Crippen molar-refractivity contribution in [2.45, 2.75) is 26.3 Å². The molecule has 4 nitrogen and oxygen atoms in total. The summed E-state index contributed by atoms with van der Waals surface area (Å²) in [7, 11) is 0. The molecular weight excluding hydrogens is 226 g/mol. The molecule has 1 amide bonds. The summed E-state index contributed by atoms with van der Waals surface area (Å²) in [5, 5.41) is 0. The number of rotatable bonds is 4. The van der Waals surface area contributed by atoms with E-state index in [9.17, 15) is 4.79 Å². The van der Waals surface area contributed by atoms with Crippen LogP contribution in [0.1, 0.15) is 41.5 Å². The number of benzene rings is 1. The first-order valence-electron chi connectivity index (χ1n) is 5.97. The van der Waals surface area contributed by atoms with Gasteiger partial charge in [0, 0.05) is 30.4 Å². The van der Waals surface area contributed by atoms with Crippen LogP contribution in [0, 0.1) is 0 Å². The lowest BCUT2D eigenvalue weighted by atomic mass is 10.1. The fraction of sp³-hybridized carbons (Fsp3) is 0.286. The van der Waals surface area contributed by atoms with Crippen molar-refractivity contribution in [1.29, 1.82) is 0 Å². The van der Waals surface area contributed by atoms with Crippen LogP contribution in [0.2, 0.25) is 0 Å². The summed E-state index contributed by atoms with van der Waals surface area (Å²) in [4.78, 5) is 15.5. The van der Waals surface area contributed by atoms with Gasteiger partial charge in [0.05, 0.1) is 0 Å². The molecule has 0 atom stereocenters. The number of amides is 1. The quantitative estimate of drug-likeness (QED) is 0.894. The lowest BCUT2D eigenvalue weighted by Gasteiger charge is -2.10. The highest BCUT2D eigenvalue weighted by atomic mass is 16.1. The van der Waals surface area contributed by atoms with Crippen LogP contribution in [-0.2, 0) is 6.54 Å². The van der Waals surface area contributed by atoms with Gasteiger partial charge in [0.15, 0.2) is 0 Å². The van der Waals surface area contributed by atoms with Crippen molar-refractivity contribution in [2.75, 3.05) is 0 Å². The normalized spacial score (nSPS) is 10.8. The second-order valence-corrected chi connectivity index (χ2v) is 4.63. The Morgan fingerprint density at radius 2 is 2.22 bits per heavy atom. The molecule has 4 heteroatoms. The second kappa shape index (κ2) is 5.04. The first-order chi connectivity index (χ1) is 8.58. The van der Waals surface area contributed by atoms with E-state index in [0.717, 1.165) is 11.4 Å². The molecule has 2 N–H and O–H groups in total. The third kappa shape index (κ3) is 2.59. The van der Waals surface area contributed by atoms with Crippen LogP contribution in [0.15, 0.2) is 36.7 Å². The monoisotopic (exact) mass is 243 g/mol. The highest BCUT2D eigenvalue weighted by Gasteiger charge is 2.08. The molecule has 94 valence electrons. The second-order valence-electron chi connectivity index (χ2n) is 4.63. The SMILES string of the molecule is CC(C)c1nccn1Cc1cccc(C(N)=O)c1. The zero-order valence-corrected chi connectivity index (χ0v) is 10.6. The summed E-state index contributed by atoms with van der Waals surface area (Å²) in [6.45, 7) is 4.92. The minimum Gasteiger partial charge on any atom is -0.366 e. The van der Waals surface area contributed by atoms with E-state index in [1.165, 1.54) is 0 Å². The van der Waals surface area contributed by atoms with Crippen molar-refractivity contribution in [2.24, 2.45) is 5.73 Å². The average Bonchev–Trinajstić information content (AvgIpc) is 2.77. The fourth-order valence-electron chi connectivity index (χ4n) is 1.97. The Balaban J connectivity index is 2.26. The van der Waals surface area contributed by atoms with Crippen molar-refractivity contribution in [3.8, 4) is 0 Å². The third-order valence-corrected chi connectivity index (χ3v) is 2.83. The summed E-state index contributed by atoms with van der Waals surface area (Å²) in [6.07, 6.45) is 3.75. The van der Waals surface area contributed by atoms with Crippen LogP contribution >= 0.6 is 0 Å². The standard InChI is InChI=1S/C14H17N3O/c1-10(2)14-16-6-7-17(14)9-11-4-3-5-12(8-11)13(15)18/h3-8,10H,9H2,1-2H3,(H2,15,18). The van der Waals surface area contributed by atoms with E-state index >= 15 is 0 Å². The Bertz CT molecular complexity index is 558. The number of nitrogens with two attached hydrogens (primary N) is 1. The molecule has 1 aromatic heterocycles. The van der Waals surface area contributed by atoms with Gasteiger partial charge in [-0.05, 0) is 17.7 Å². The molecule has 1 aromatic carbocycles. The van der Waals surface area contributed by atoms with Crippen molar-refractivity contribution < 1.29 is 4.79 Å². The maximum Gasteiger partial charge on any atom is 0.248 e. The largest absolute Gasteiger partial charge is 0.366 e. The van der Waals surface area contributed by atoms with Gasteiger partial charge in [-0.1, -0.05) is 26.0 Å². The summed E-state index contributed by atoms with van der Waals surface area (Å²) in [6, 6.07) is 7.38. The molecule has 0 aliphatic rings. The Morgan fingerprint density at radius 1 is 1.44 bits per heavy atom. The molecule has 0 spiro atoms. The van der Waals surface area contributed by atoms with Crippen molar-refractivity contribution >= 4 is 5.91 Å². The van der Waals surface area contributed by atoms with E-state index in [2.05, 4.69) is 23.4 Å².